The standard InChI is InChI=1S/C11H8BrNO4/c12-6-1-3-7(4-2-6)13-10-9(11(15)16)8(14)5-17-10/h1-4,13H,5H2,(H,15,16). The minimum Gasteiger partial charge on any atom is -0.477 e. The van der Waals surface area contributed by atoms with Crippen LogP contribution in [0.25, 0.3) is 0 Å². The van der Waals surface area contributed by atoms with E-state index in [-0.39, 0.29) is 18.1 Å². The monoisotopic (exact) mass is 297 g/mol. The maximum Gasteiger partial charge on any atom is 0.344 e. The van der Waals surface area contributed by atoms with Crippen molar-refractivity contribution < 1.29 is 19.4 Å². The molecule has 0 aromatic heterocycles. The highest BCUT2D eigenvalue weighted by Gasteiger charge is 2.30. The molecular formula is C11H8BrNO4. The first-order valence-electron chi connectivity index (χ1n) is 4.74. The van der Waals surface area contributed by atoms with E-state index in [1.807, 2.05) is 0 Å². The number of hydrogen-bond donors (Lipinski definition) is 2. The molecule has 0 atom stereocenters. The Labute approximate surface area is 105 Å². The van der Waals surface area contributed by atoms with Crippen LogP contribution in [0.2, 0.25) is 0 Å². The molecule has 0 aliphatic carbocycles. The van der Waals surface area contributed by atoms with Crippen LogP contribution in [0, 0.1) is 0 Å². The number of ether oxygens (including phenoxy) is 1. The molecule has 1 aliphatic heterocycles. The van der Waals surface area contributed by atoms with E-state index >= 15 is 0 Å². The molecule has 0 bridgehead atoms. The number of anilines is 1. The fourth-order valence-electron chi connectivity index (χ4n) is 1.39. The molecule has 1 heterocycles. The van der Waals surface area contributed by atoms with Crippen LogP contribution in [-0.4, -0.2) is 23.5 Å². The number of nitrogens with one attached hydrogen (secondary N) is 1. The van der Waals surface area contributed by atoms with Gasteiger partial charge in [0.05, 0.1) is 0 Å². The molecule has 0 radical (unpaired) electrons. The molecule has 88 valence electrons. The van der Waals surface area contributed by atoms with Crippen molar-refractivity contribution >= 4 is 33.4 Å². The van der Waals surface area contributed by atoms with Gasteiger partial charge in [0.15, 0.2) is 12.2 Å². The lowest BCUT2D eigenvalue weighted by Crippen LogP contribution is -2.12. The van der Waals surface area contributed by atoms with Crippen molar-refractivity contribution in [3.63, 3.8) is 0 Å². The smallest absolute Gasteiger partial charge is 0.344 e. The predicted octanol–water partition coefficient (Wildman–Crippen LogP) is 1.76. The van der Waals surface area contributed by atoms with Crippen LogP contribution >= 0.6 is 15.9 Å². The molecule has 0 saturated carbocycles. The van der Waals surface area contributed by atoms with E-state index in [1.54, 1.807) is 24.3 Å². The van der Waals surface area contributed by atoms with Crippen molar-refractivity contribution in [1.82, 2.24) is 0 Å². The number of rotatable bonds is 3. The van der Waals surface area contributed by atoms with Crippen molar-refractivity contribution in [2.75, 3.05) is 11.9 Å². The minimum atomic E-state index is -1.29. The average Bonchev–Trinajstić information content (AvgIpc) is 2.63. The topological polar surface area (TPSA) is 75.6 Å². The van der Waals surface area contributed by atoms with E-state index in [2.05, 4.69) is 21.2 Å². The molecule has 6 heteroatoms. The second kappa shape index (κ2) is 4.58. The van der Waals surface area contributed by atoms with Gasteiger partial charge in [-0.1, -0.05) is 15.9 Å². The molecule has 0 spiro atoms. The molecule has 1 aromatic carbocycles. The van der Waals surface area contributed by atoms with Gasteiger partial charge in [0.2, 0.25) is 11.7 Å². The number of Topliss-reactive ketones (excluding diaryl/α,β-unsaturated/α-hetero) is 1. The third-order valence-electron chi connectivity index (χ3n) is 2.17. The summed E-state index contributed by atoms with van der Waals surface area (Å²) in [5.74, 6) is -1.82. The largest absolute Gasteiger partial charge is 0.477 e. The third kappa shape index (κ3) is 2.47. The Kier molecular flexibility index (Phi) is 3.14. The third-order valence-corrected chi connectivity index (χ3v) is 2.70. The number of carbonyl (C=O) groups excluding carboxylic acids is 1. The van der Waals surface area contributed by atoms with Crippen molar-refractivity contribution in [2.24, 2.45) is 0 Å². The lowest BCUT2D eigenvalue weighted by Gasteiger charge is -2.07. The molecule has 17 heavy (non-hydrogen) atoms. The zero-order chi connectivity index (χ0) is 12.4. The van der Waals surface area contributed by atoms with E-state index in [9.17, 15) is 9.59 Å². The average molecular weight is 298 g/mol. The number of aliphatic carboxylic acids is 1. The Morgan fingerprint density at radius 3 is 2.59 bits per heavy atom. The van der Waals surface area contributed by atoms with E-state index in [4.69, 9.17) is 9.84 Å². The first-order valence-corrected chi connectivity index (χ1v) is 5.53. The molecule has 5 nitrogen and oxygen atoms in total. The van der Waals surface area contributed by atoms with Gasteiger partial charge in [-0.25, -0.2) is 4.79 Å². The van der Waals surface area contributed by atoms with Gasteiger partial charge in [-0.3, -0.25) is 4.79 Å². The van der Waals surface area contributed by atoms with Gasteiger partial charge >= 0.3 is 5.97 Å². The molecule has 0 fully saturated rings. The Bertz CT molecular complexity index is 507. The van der Waals surface area contributed by atoms with Crippen LogP contribution in [0.3, 0.4) is 0 Å². The van der Waals surface area contributed by atoms with Crippen LogP contribution in [0.1, 0.15) is 0 Å². The van der Waals surface area contributed by atoms with Gasteiger partial charge in [-0.15, -0.1) is 0 Å². The highest BCUT2D eigenvalue weighted by molar-refractivity contribution is 9.10. The first-order chi connectivity index (χ1) is 8.08. The van der Waals surface area contributed by atoms with Crippen molar-refractivity contribution in [2.45, 2.75) is 0 Å². The van der Waals surface area contributed by atoms with E-state index in [0.717, 1.165) is 4.47 Å². The first kappa shape index (κ1) is 11.7. The van der Waals surface area contributed by atoms with Gasteiger partial charge in [-0.05, 0) is 24.3 Å². The van der Waals surface area contributed by atoms with Crippen LogP contribution in [0.5, 0.6) is 0 Å². The molecule has 0 unspecified atom stereocenters. The zero-order valence-corrected chi connectivity index (χ0v) is 10.2. The molecule has 1 aliphatic rings. The summed E-state index contributed by atoms with van der Waals surface area (Å²) in [5.41, 5.74) is 0.310. The summed E-state index contributed by atoms with van der Waals surface area (Å²) in [4.78, 5) is 22.1. The van der Waals surface area contributed by atoms with Crippen LogP contribution in [0.4, 0.5) is 5.69 Å². The maximum absolute atomic E-state index is 11.3. The predicted molar refractivity (Wildman–Crippen MR) is 63.4 cm³/mol. The van der Waals surface area contributed by atoms with Crippen molar-refractivity contribution in [1.29, 1.82) is 0 Å². The summed E-state index contributed by atoms with van der Waals surface area (Å²) in [7, 11) is 0. The number of benzene rings is 1. The van der Waals surface area contributed by atoms with Crippen molar-refractivity contribution in [3.8, 4) is 0 Å². The normalized spacial score (nSPS) is 14.8. The molecule has 2 N–H and O–H groups in total. The summed E-state index contributed by atoms with van der Waals surface area (Å²) in [6, 6.07) is 7.06. The van der Waals surface area contributed by atoms with Gasteiger partial charge in [-0.2, -0.15) is 0 Å². The number of carbonyl (C=O) groups is 2. The number of ketones is 1. The molecule has 1 aromatic rings. The SMILES string of the molecule is O=C(O)C1=C(Nc2ccc(Br)cc2)OCC1=O. The molecule has 2 rings (SSSR count). The van der Waals surface area contributed by atoms with Crippen LogP contribution < -0.4 is 5.32 Å². The quantitative estimate of drug-likeness (QED) is 0.832. The number of halogens is 1. The molecule has 0 saturated heterocycles. The lowest BCUT2D eigenvalue weighted by atomic mass is 10.2. The highest BCUT2D eigenvalue weighted by atomic mass is 79.9. The Morgan fingerprint density at radius 1 is 1.35 bits per heavy atom. The van der Waals surface area contributed by atoms with Gasteiger partial charge in [0.1, 0.15) is 0 Å². The summed E-state index contributed by atoms with van der Waals surface area (Å²) >= 11 is 3.28. The van der Waals surface area contributed by atoms with Crippen LogP contribution in [0.15, 0.2) is 40.2 Å². The van der Waals surface area contributed by atoms with E-state index in [0.29, 0.717) is 5.69 Å². The number of carboxylic acids is 1. The highest BCUT2D eigenvalue weighted by Crippen LogP contribution is 2.21. The minimum absolute atomic E-state index is 0.00942. The lowest BCUT2D eigenvalue weighted by molar-refractivity contribution is -0.134. The zero-order valence-electron chi connectivity index (χ0n) is 8.57. The molecule has 0 amide bonds. The van der Waals surface area contributed by atoms with E-state index < -0.39 is 11.8 Å². The second-order valence-corrected chi connectivity index (χ2v) is 4.27. The summed E-state index contributed by atoms with van der Waals surface area (Å²) in [6.45, 7) is -0.236. The Morgan fingerprint density at radius 2 is 2.00 bits per heavy atom. The summed E-state index contributed by atoms with van der Waals surface area (Å²) in [5, 5.41) is 11.6. The second-order valence-electron chi connectivity index (χ2n) is 3.35. The van der Waals surface area contributed by atoms with E-state index in [1.165, 1.54) is 0 Å². The van der Waals surface area contributed by atoms with Crippen LogP contribution in [-0.2, 0) is 14.3 Å². The molecular weight excluding hydrogens is 290 g/mol. The van der Waals surface area contributed by atoms with Gasteiger partial charge in [0.25, 0.3) is 0 Å². The Balaban J connectivity index is 2.26. The maximum atomic E-state index is 11.3. The Hall–Kier alpha value is -1.82. The van der Waals surface area contributed by atoms with Gasteiger partial charge in [0, 0.05) is 10.2 Å². The number of carboxylic acid groups (broad SMARTS) is 1. The fraction of sp³-hybridized carbons (Fsp3) is 0.0909. The number of hydrogen-bond acceptors (Lipinski definition) is 4. The van der Waals surface area contributed by atoms with Crippen molar-refractivity contribution in [3.05, 3.63) is 40.2 Å². The summed E-state index contributed by atoms with van der Waals surface area (Å²) < 4.78 is 5.90. The van der Waals surface area contributed by atoms with Gasteiger partial charge < -0.3 is 15.2 Å². The summed E-state index contributed by atoms with van der Waals surface area (Å²) in [6.07, 6.45) is 0. The fourth-order valence-corrected chi connectivity index (χ4v) is 1.65.